The van der Waals surface area contributed by atoms with Crippen LogP contribution >= 0.6 is 27.3 Å². The molecule has 1 aliphatic rings. The summed E-state index contributed by atoms with van der Waals surface area (Å²) in [5, 5.41) is 10.6. The van der Waals surface area contributed by atoms with Crippen molar-refractivity contribution in [2.24, 2.45) is 0 Å². The molecule has 4 rings (SSSR count). The molecular formula is C17H16BrN3S. The van der Waals surface area contributed by atoms with Gasteiger partial charge in [0.15, 0.2) is 0 Å². The highest BCUT2D eigenvalue weighted by atomic mass is 79.9. The first-order valence-electron chi connectivity index (χ1n) is 7.48. The van der Waals surface area contributed by atoms with Crippen LogP contribution in [0.1, 0.15) is 18.4 Å². The van der Waals surface area contributed by atoms with Crippen LogP contribution in [0.5, 0.6) is 0 Å². The predicted molar refractivity (Wildman–Crippen MR) is 96.0 cm³/mol. The van der Waals surface area contributed by atoms with Gasteiger partial charge in [-0.25, -0.2) is 4.68 Å². The summed E-state index contributed by atoms with van der Waals surface area (Å²) in [5.41, 5.74) is 3.57. The maximum absolute atomic E-state index is 4.93. The average molecular weight is 374 g/mol. The zero-order chi connectivity index (χ0) is 14.9. The Kier molecular flexibility index (Phi) is 3.76. The third kappa shape index (κ3) is 2.48. The number of thiophene rings is 1. The van der Waals surface area contributed by atoms with Gasteiger partial charge in [0, 0.05) is 16.6 Å². The largest absolute Gasteiger partial charge is 0.370 e. The Morgan fingerprint density at radius 1 is 1.14 bits per heavy atom. The molecule has 0 radical (unpaired) electrons. The average Bonchev–Trinajstić information content (AvgIpc) is 3.10. The number of hydrogen-bond acceptors (Lipinski definition) is 3. The highest BCUT2D eigenvalue weighted by molar-refractivity contribution is 9.10. The number of benzene rings is 1. The Labute approximate surface area is 142 Å². The van der Waals surface area contributed by atoms with Crippen LogP contribution in [0.2, 0.25) is 0 Å². The monoisotopic (exact) mass is 373 g/mol. The maximum Gasteiger partial charge on any atom is 0.133 e. The van der Waals surface area contributed by atoms with Crippen molar-refractivity contribution < 1.29 is 0 Å². The molecule has 0 aliphatic carbocycles. The van der Waals surface area contributed by atoms with E-state index in [9.17, 15) is 0 Å². The minimum atomic E-state index is 1.01. The number of nitrogens with zero attached hydrogens (tertiary/aromatic N) is 2. The van der Waals surface area contributed by atoms with Crippen molar-refractivity contribution in [3.63, 3.8) is 0 Å². The summed E-state index contributed by atoms with van der Waals surface area (Å²) in [6, 6.07) is 12.6. The van der Waals surface area contributed by atoms with Crippen molar-refractivity contribution >= 4 is 33.1 Å². The third-order valence-corrected chi connectivity index (χ3v) is 5.36. The lowest BCUT2D eigenvalue weighted by Gasteiger charge is -2.09. The number of aromatic nitrogens is 2. The van der Waals surface area contributed by atoms with Crippen LogP contribution in [0, 0.1) is 0 Å². The van der Waals surface area contributed by atoms with Gasteiger partial charge in [0.2, 0.25) is 0 Å². The Bertz CT molecular complexity index is 775. The third-order valence-electron chi connectivity index (χ3n) is 3.96. The SMILES string of the molecule is Brc1ccc(-n2nc(-c3cccs3)c3c2NCCCC3)cc1. The lowest BCUT2D eigenvalue weighted by atomic mass is 10.1. The number of fused-ring (bicyclic) bond motifs is 1. The highest BCUT2D eigenvalue weighted by Gasteiger charge is 2.21. The molecule has 0 amide bonds. The number of rotatable bonds is 2. The molecule has 0 saturated heterocycles. The fraction of sp³-hybridized carbons (Fsp3) is 0.235. The van der Waals surface area contributed by atoms with E-state index >= 15 is 0 Å². The minimum absolute atomic E-state index is 1.01. The fourth-order valence-corrected chi connectivity index (χ4v) is 3.88. The quantitative estimate of drug-likeness (QED) is 0.676. The van der Waals surface area contributed by atoms with Crippen molar-refractivity contribution in [2.45, 2.75) is 19.3 Å². The lowest BCUT2D eigenvalue weighted by Crippen LogP contribution is -2.07. The summed E-state index contributed by atoms with van der Waals surface area (Å²) < 4.78 is 3.14. The Morgan fingerprint density at radius 3 is 2.77 bits per heavy atom. The molecule has 0 bridgehead atoms. The molecule has 3 nitrogen and oxygen atoms in total. The van der Waals surface area contributed by atoms with Crippen LogP contribution in [0.25, 0.3) is 16.3 Å². The lowest BCUT2D eigenvalue weighted by molar-refractivity contribution is 0.780. The first-order chi connectivity index (χ1) is 10.8. The molecule has 1 N–H and O–H groups in total. The minimum Gasteiger partial charge on any atom is -0.370 e. The van der Waals surface area contributed by atoms with E-state index in [4.69, 9.17) is 5.10 Å². The maximum atomic E-state index is 4.93. The normalized spacial score (nSPS) is 14.2. The van der Waals surface area contributed by atoms with Gasteiger partial charge in [0.1, 0.15) is 11.5 Å². The van der Waals surface area contributed by atoms with Crippen molar-refractivity contribution in [1.29, 1.82) is 0 Å². The van der Waals surface area contributed by atoms with Gasteiger partial charge in [-0.3, -0.25) is 0 Å². The summed E-state index contributed by atoms with van der Waals surface area (Å²) in [6.45, 7) is 1.01. The molecule has 22 heavy (non-hydrogen) atoms. The second kappa shape index (κ2) is 5.89. The van der Waals surface area contributed by atoms with E-state index in [1.54, 1.807) is 11.3 Å². The van der Waals surface area contributed by atoms with Crippen molar-refractivity contribution in [3.8, 4) is 16.3 Å². The van der Waals surface area contributed by atoms with Crippen LogP contribution in [0.3, 0.4) is 0 Å². The molecule has 2 aromatic heterocycles. The molecule has 112 valence electrons. The first kappa shape index (κ1) is 14.0. The second-order valence-corrected chi connectivity index (χ2v) is 7.29. The molecule has 0 unspecified atom stereocenters. The molecule has 0 fully saturated rings. The van der Waals surface area contributed by atoms with Gasteiger partial charge in [-0.2, -0.15) is 5.10 Å². The fourth-order valence-electron chi connectivity index (χ4n) is 2.88. The van der Waals surface area contributed by atoms with Crippen LogP contribution < -0.4 is 5.32 Å². The van der Waals surface area contributed by atoms with Gasteiger partial charge in [0.05, 0.1) is 10.6 Å². The van der Waals surface area contributed by atoms with Gasteiger partial charge < -0.3 is 5.32 Å². The molecular weight excluding hydrogens is 358 g/mol. The standard InChI is InChI=1S/C17H16BrN3S/c18-12-6-8-13(9-7-12)21-17-14(4-1-2-10-19-17)16(20-21)15-5-3-11-22-15/h3,5-9,11,19H,1-2,4,10H2. The summed E-state index contributed by atoms with van der Waals surface area (Å²) in [5.74, 6) is 1.16. The Balaban J connectivity index is 1.89. The van der Waals surface area contributed by atoms with E-state index in [0.717, 1.165) is 34.6 Å². The van der Waals surface area contributed by atoms with E-state index in [1.807, 2.05) is 0 Å². The molecule has 0 saturated carbocycles. The second-order valence-electron chi connectivity index (χ2n) is 5.43. The predicted octanol–water partition coefficient (Wildman–Crippen LogP) is 5.11. The molecule has 3 aromatic rings. The summed E-state index contributed by atoms with van der Waals surface area (Å²) in [6.07, 6.45) is 3.51. The zero-order valence-electron chi connectivity index (χ0n) is 12.1. The van der Waals surface area contributed by atoms with Gasteiger partial charge in [-0.15, -0.1) is 11.3 Å². The van der Waals surface area contributed by atoms with Crippen molar-refractivity contribution in [3.05, 3.63) is 51.8 Å². The van der Waals surface area contributed by atoms with Crippen molar-refractivity contribution in [2.75, 3.05) is 11.9 Å². The van der Waals surface area contributed by atoms with E-state index in [2.05, 4.69) is 67.7 Å². The molecule has 0 atom stereocenters. The van der Waals surface area contributed by atoms with Gasteiger partial charge in [-0.05, 0) is 55.0 Å². The van der Waals surface area contributed by atoms with Gasteiger partial charge in [0.25, 0.3) is 0 Å². The van der Waals surface area contributed by atoms with Crippen molar-refractivity contribution in [1.82, 2.24) is 9.78 Å². The smallest absolute Gasteiger partial charge is 0.133 e. The first-order valence-corrected chi connectivity index (χ1v) is 9.16. The summed E-state index contributed by atoms with van der Waals surface area (Å²) >= 11 is 5.25. The zero-order valence-corrected chi connectivity index (χ0v) is 14.5. The van der Waals surface area contributed by atoms with E-state index in [1.165, 1.54) is 23.3 Å². The Hall–Kier alpha value is -1.59. The van der Waals surface area contributed by atoms with Crippen LogP contribution in [-0.4, -0.2) is 16.3 Å². The van der Waals surface area contributed by atoms with Gasteiger partial charge in [-0.1, -0.05) is 22.0 Å². The van der Waals surface area contributed by atoms with Crippen LogP contribution in [0.15, 0.2) is 46.3 Å². The topological polar surface area (TPSA) is 29.9 Å². The number of hydrogen-bond donors (Lipinski definition) is 1. The van der Waals surface area contributed by atoms with E-state index in [-0.39, 0.29) is 0 Å². The van der Waals surface area contributed by atoms with Crippen LogP contribution in [-0.2, 0) is 6.42 Å². The van der Waals surface area contributed by atoms with Gasteiger partial charge >= 0.3 is 0 Å². The Morgan fingerprint density at radius 2 is 2.00 bits per heavy atom. The molecule has 0 spiro atoms. The van der Waals surface area contributed by atoms with E-state index in [0.29, 0.717) is 0 Å². The highest BCUT2D eigenvalue weighted by Crippen LogP contribution is 2.35. The summed E-state index contributed by atoms with van der Waals surface area (Å²) in [4.78, 5) is 1.25. The summed E-state index contributed by atoms with van der Waals surface area (Å²) in [7, 11) is 0. The molecule has 3 heterocycles. The number of halogens is 1. The molecule has 1 aliphatic heterocycles. The van der Waals surface area contributed by atoms with Crippen LogP contribution in [0.4, 0.5) is 5.82 Å². The molecule has 1 aromatic carbocycles. The molecule has 5 heteroatoms. The number of nitrogens with one attached hydrogen (secondary N) is 1. The van der Waals surface area contributed by atoms with E-state index < -0.39 is 0 Å². The number of anilines is 1.